The van der Waals surface area contributed by atoms with Gasteiger partial charge in [0.15, 0.2) is 0 Å². The van der Waals surface area contributed by atoms with Gasteiger partial charge in [0.2, 0.25) is 0 Å². The summed E-state index contributed by atoms with van der Waals surface area (Å²) < 4.78 is 0.556. The fourth-order valence-corrected chi connectivity index (χ4v) is 3.56. The third-order valence-corrected chi connectivity index (χ3v) is 4.47. The molecule has 0 saturated heterocycles. The van der Waals surface area contributed by atoms with Gasteiger partial charge in [0.05, 0.1) is 19.8 Å². The number of carboxylic acids is 1. The average Bonchev–Trinajstić information content (AvgIpc) is 2.66. The molecular formula is C13H8BrNO2S. The van der Waals surface area contributed by atoms with Gasteiger partial charge >= 0.3 is 5.97 Å². The number of aryl methyl sites for hydroxylation is 1. The van der Waals surface area contributed by atoms with Crippen LogP contribution in [0.15, 0.2) is 28.1 Å². The Morgan fingerprint density at radius 3 is 2.67 bits per heavy atom. The van der Waals surface area contributed by atoms with Crippen LogP contribution in [-0.4, -0.2) is 11.1 Å². The standard InChI is InChI=1S/C13H8BrNO2S/c1-7-4-2-3-5-8(7)11-10(13(16)17)9(6-15)12(14)18-11/h2-5H,1H3,(H,16,17). The second kappa shape index (κ2) is 4.92. The molecule has 0 atom stereocenters. The monoisotopic (exact) mass is 321 g/mol. The zero-order valence-electron chi connectivity index (χ0n) is 9.40. The Kier molecular flexibility index (Phi) is 3.50. The molecule has 1 aromatic heterocycles. The van der Waals surface area contributed by atoms with Crippen LogP contribution in [0.25, 0.3) is 10.4 Å². The second-order valence-electron chi connectivity index (χ2n) is 3.69. The van der Waals surface area contributed by atoms with Gasteiger partial charge in [-0.05, 0) is 34.0 Å². The highest BCUT2D eigenvalue weighted by atomic mass is 79.9. The summed E-state index contributed by atoms with van der Waals surface area (Å²) >= 11 is 4.53. The summed E-state index contributed by atoms with van der Waals surface area (Å²) in [5.74, 6) is -1.08. The molecule has 0 amide bonds. The van der Waals surface area contributed by atoms with Gasteiger partial charge < -0.3 is 5.11 Å². The van der Waals surface area contributed by atoms with Crippen molar-refractivity contribution < 1.29 is 9.90 Å². The topological polar surface area (TPSA) is 61.1 Å². The van der Waals surface area contributed by atoms with E-state index >= 15 is 0 Å². The van der Waals surface area contributed by atoms with Crippen LogP contribution in [0, 0.1) is 18.3 Å². The third kappa shape index (κ3) is 2.05. The molecule has 1 heterocycles. The maximum Gasteiger partial charge on any atom is 0.338 e. The first-order chi connectivity index (χ1) is 8.56. The lowest BCUT2D eigenvalue weighted by atomic mass is 10.0. The molecule has 0 aliphatic rings. The smallest absolute Gasteiger partial charge is 0.338 e. The number of aromatic carboxylic acids is 1. The van der Waals surface area contributed by atoms with Gasteiger partial charge in [-0.1, -0.05) is 24.3 Å². The fourth-order valence-electron chi connectivity index (χ4n) is 1.72. The zero-order valence-corrected chi connectivity index (χ0v) is 11.8. The first-order valence-electron chi connectivity index (χ1n) is 5.08. The predicted octanol–water partition coefficient (Wildman–Crippen LogP) is 4.06. The molecular weight excluding hydrogens is 314 g/mol. The molecule has 90 valence electrons. The van der Waals surface area contributed by atoms with E-state index in [-0.39, 0.29) is 11.1 Å². The normalized spacial score (nSPS) is 10.1. The van der Waals surface area contributed by atoms with Gasteiger partial charge in [0.1, 0.15) is 6.07 Å². The van der Waals surface area contributed by atoms with E-state index in [0.717, 1.165) is 11.1 Å². The summed E-state index contributed by atoms with van der Waals surface area (Å²) in [6.07, 6.45) is 0. The number of benzene rings is 1. The van der Waals surface area contributed by atoms with Crippen LogP contribution in [0.5, 0.6) is 0 Å². The van der Waals surface area contributed by atoms with Crippen molar-refractivity contribution in [2.45, 2.75) is 6.92 Å². The molecule has 0 aliphatic carbocycles. The van der Waals surface area contributed by atoms with Crippen LogP contribution in [0.3, 0.4) is 0 Å². The van der Waals surface area contributed by atoms with Crippen LogP contribution in [0.2, 0.25) is 0 Å². The minimum atomic E-state index is -1.08. The molecule has 5 heteroatoms. The van der Waals surface area contributed by atoms with Crippen molar-refractivity contribution in [1.29, 1.82) is 5.26 Å². The molecule has 2 rings (SSSR count). The van der Waals surface area contributed by atoms with E-state index in [4.69, 9.17) is 5.26 Å². The van der Waals surface area contributed by atoms with Crippen molar-refractivity contribution in [2.75, 3.05) is 0 Å². The Morgan fingerprint density at radius 1 is 1.44 bits per heavy atom. The minimum absolute atomic E-state index is 0.0728. The number of nitrogens with zero attached hydrogens (tertiary/aromatic N) is 1. The van der Waals surface area contributed by atoms with Crippen LogP contribution >= 0.6 is 27.3 Å². The van der Waals surface area contributed by atoms with Crippen molar-refractivity contribution in [3.63, 3.8) is 0 Å². The number of rotatable bonds is 2. The van der Waals surface area contributed by atoms with Gasteiger partial charge in [0, 0.05) is 0 Å². The van der Waals surface area contributed by atoms with E-state index in [9.17, 15) is 9.90 Å². The molecule has 0 bridgehead atoms. The maximum atomic E-state index is 11.3. The van der Waals surface area contributed by atoms with E-state index in [1.807, 2.05) is 37.3 Å². The lowest BCUT2D eigenvalue weighted by molar-refractivity contribution is 0.0698. The second-order valence-corrected chi connectivity index (χ2v) is 6.03. The Balaban J connectivity index is 2.78. The molecule has 0 aliphatic heterocycles. The number of nitriles is 1. The number of carboxylic acid groups (broad SMARTS) is 1. The van der Waals surface area contributed by atoms with Crippen LogP contribution in [-0.2, 0) is 0 Å². The first-order valence-corrected chi connectivity index (χ1v) is 6.69. The van der Waals surface area contributed by atoms with Crippen molar-refractivity contribution in [3.8, 4) is 16.5 Å². The molecule has 1 N–H and O–H groups in total. The number of hydrogen-bond acceptors (Lipinski definition) is 3. The van der Waals surface area contributed by atoms with Crippen molar-refractivity contribution >= 4 is 33.2 Å². The Labute approximate surface area is 116 Å². The Morgan fingerprint density at radius 2 is 2.11 bits per heavy atom. The predicted molar refractivity (Wildman–Crippen MR) is 73.9 cm³/mol. The summed E-state index contributed by atoms with van der Waals surface area (Å²) in [6, 6.07) is 9.47. The summed E-state index contributed by atoms with van der Waals surface area (Å²) in [4.78, 5) is 11.9. The van der Waals surface area contributed by atoms with Crippen molar-refractivity contribution in [1.82, 2.24) is 0 Å². The molecule has 3 nitrogen and oxygen atoms in total. The van der Waals surface area contributed by atoms with E-state index in [1.54, 1.807) is 0 Å². The summed E-state index contributed by atoms with van der Waals surface area (Å²) in [7, 11) is 0. The largest absolute Gasteiger partial charge is 0.478 e. The van der Waals surface area contributed by atoms with Gasteiger partial charge in [-0.15, -0.1) is 11.3 Å². The highest BCUT2D eigenvalue weighted by Gasteiger charge is 2.23. The number of hydrogen-bond donors (Lipinski definition) is 1. The maximum absolute atomic E-state index is 11.3. The number of halogens is 1. The molecule has 18 heavy (non-hydrogen) atoms. The zero-order chi connectivity index (χ0) is 13.3. The van der Waals surface area contributed by atoms with Crippen molar-refractivity contribution in [2.24, 2.45) is 0 Å². The van der Waals surface area contributed by atoms with Crippen LogP contribution < -0.4 is 0 Å². The lowest BCUT2D eigenvalue weighted by Gasteiger charge is -2.04. The van der Waals surface area contributed by atoms with Crippen LogP contribution in [0.1, 0.15) is 21.5 Å². The molecule has 0 saturated carbocycles. The molecule has 0 radical (unpaired) electrons. The summed E-state index contributed by atoms with van der Waals surface area (Å²) in [6.45, 7) is 1.92. The molecule has 0 fully saturated rings. The molecule has 0 spiro atoms. The quantitative estimate of drug-likeness (QED) is 0.907. The van der Waals surface area contributed by atoms with E-state index in [1.165, 1.54) is 11.3 Å². The van der Waals surface area contributed by atoms with E-state index < -0.39 is 5.97 Å². The van der Waals surface area contributed by atoms with Gasteiger partial charge in [-0.2, -0.15) is 5.26 Å². The Bertz CT molecular complexity index is 670. The van der Waals surface area contributed by atoms with Gasteiger partial charge in [0.25, 0.3) is 0 Å². The van der Waals surface area contributed by atoms with Gasteiger partial charge in [-0.25, -0.2) is 4.79 Å². The van der Waals surface area contributed by atoms with Gasteiger partial charge in [-0.3, -0.25) is 0 Å². The molecule has 2 aromatic rings. The highest BCUT2D eigenvalue weighted by molar-refractivity contribution is 9.11. The first kappa shape index (κ1) is 12.8. The molecule has 0 unspecified atom stereocenters. The summed E-state index contributed by atoms with van der Waals surface area (Å²) in [5.41, 5.74) is 2.09. The summed E-state index contributed by atoms with van der Waals surface area (Å²) in [5, 5.41) is 18.3. The Hall–Kier alpha value is -1.64. The fraction of sp³-hybridized carbons (Fsp3) is 0.0769. The lowest BCUT2D eigenvalue weighted by Crippen LogP contribution is -1.99. The SMILES string of the molecule is Cc1ccccc1-c1sc(Br)c(C#N)c1C(=O)O. The third-order valence-electron chi connectivity index (χ3n) is 2.58. The minimum Gasteiger partial charge on any atom is -0.478 e. The average molecular weight is 322 g/mol. The number of thiophene rings is 1. The molecule has 1 aromatic carbocycles. The highest BCUT2D eigenvalue weighted by Crippen LogP contribution is 2.40. The van der Waals surface area contributed by atoms with Crippen molar-refractivity contribution in [3.05, 3.63) is 44.7 Å². The van der Waals surface area contributed by atoms with E-state index in [2.05, 4.69) is 15.9 Å². The van der Waals surface area contributed by atoms with E-state index in [0.29, 0.717) is 8.66 Å². The number of carbonyl (C=O) groups is 1. The van der Waals surface area contributed by atoms with Crippen LogP contribution in [0.4, 0.5) is 0 Å².